The highest BCUT2D eigenvalue weighted by Gasteiger charge is 2.31. The maximum Gasteiger partial charge on any atom is 0.254 e. The Balaban J connectivity index is 1.35. The molecule has 3 amide bonds. The highest BCUT2D eigenvalue weighted by Crippen LogP contribution is 2.24. The number of benzene rings is 2. The molecule has 2 aliphatic rings. The predicted octanol–water partition coefficient (Wildman–Crippen LogP) is 1.76. The molecule has 2 fully saturated rings. The molecule has 0 aliphatic carbocycles. The second kappa shape index (κ2) is 9.47. The van der Waals surface area contributed by atoms with Crippen LogP contribution in [0.2, 0.25) is 0 Å². The van der Waals surface area contributed by atoms with E-state index in [0.717, 1.165) is 49.5 Å². The van der Waals surface area contributed by atoms with E-state index >= 15 is 0 Å². The summed E-state index contributed by atoms with van der Waals surface area (Å²) in [6, 6.07) is 13.8. The fraction of sp³-hybridized carbons (Fsp3) is 0.458. The number of fused-ring (bicyclic) bond motifs is 1. The molecule has 3 N–H and O–H groups in total. The zero-order chi connectivity index (χ0) is 21.8. The Bertz CT molecular complexity index is 963. The third-order valence-electron chi connectivity index (χ3n) is 6.41. The average molecular weight is 423 g/mol. The molecule has 2 heterocycles. The number of piperidine rings is 2. The van der Waals surface area contributed by atoms with Gasteiger partial charge in [-0.15, -0.1) is 0 Å². The normalized spacial score (nSPS) is 20.5. The first-order valence-electron chi connectivity index (χ1n) is 11.1. The van der Waals surface area contributed by atoms with E-state index in [0.29, 0.717) is 18.7 Å². The summed E-state index contributed by atoms with van der Waals surface area (Å²) in [5.74, 6) is -0.477. The van der Waals surface area contributed by atoms with Gasteiger partial charge in [-0.3, -0.25) is 19.3 Å². The minimum Gasteiger partial charge on any atom is -0.369 e. The maximum absolute atomic E-state index is 13.2. The summed E-state index contributed by atoms with van der Waals surface area (Å²) in [5.41, 5.74) is 5.96. The molecule has 31 heavy (non-hydrogen) atoms. The largest absolute Gasteiger partial charge is 0.369 e. The molecule has 1 atom stereocenters. The number of rotatable bonds is 5. The van der Waals surface area contributed by atoms with Crippen molar-refractivity contribution in [2.24, 2.45) is 11.7 Å². The standard InChI is InChI=1S/C24H30N4O3/c25-22(29)16-27-13-10-19(11-14-27)26-23(30)18-7-4-12-28(15-18)24(31)21-9-3-6-17-5-1-2-8-20(17)21/h1-3,5-6,8-9,18-19H,4,7,10-16H2,(H2,25,29)(H,26,30). The van der Waals surface area contributed by atoms with Crippen molar-refractivity contribution < 1.29 is 14.4 Å². The molecule has 1 unspecified atom stereocenters. The minimum absolute atomic E-state index is 0.00550. The third kappa shape index (κ3) is 5.05. The lowest BCUT2D eigenvalue weighted by atomic mass is 9.94. The van der Waals surface area contributed by atoms with Crippen molar-refractivity contribution in [3.8, 4) is 0 Å². The van der Waals surface area contributed by atoms with Gasteiger partial charge < -0.3 is 16.0 Å². The van der Waals surface area contributed by atoms with Gasteiger partial charge >= 0.3 is 0 Å². The van der Waals surface area contributed by atoms with Crippen molar-refractivity contribution in [3.05, 3.63) is 48.0 Å². The number of hydrogen-bond acceptors (Lipinski definition) is 4. The van der Waals surface area contributed by atoms with Crippen molar-refractivity contribution in [1.82, 2.24) is 15.1 Å². The Kier molecular flexibility index (Phi) is 6.51. The molecule has 2 aliphatic heterocycles. The van der Waals surface area contributed by atoms with Crippen LogP contribution >= 0.6 is 0 Å². The van der Waals surface area contributed by atoms with E-state index in [1.54, 1.807) is 0 Å². The number of carbonyl (C=O) groups is 3. The van der Waals surface area contributed by atoms with Gasteiger partial charge in [-0.25, -0.2) is 0 Å². The monoisotopic (exact) mass is 422 g/mol. The molecular weight excluding hydrogens is 392 g/mol. The van der Waals surface area contributed by atoms with E-state index in [9.17, 15) is 14.4 Å². The van der Waals surface area contributed by atoms with Gasteiger partial charge in [0.15, 0.2) is 0 Å². The van der Waals surface area contributed by atoms with Gasteiger partial charge in [0, 0.05) is 37.8 Å². The van der Waals surface area contributed by atoms with Crippen LogP contribution in [0, 0.1) is 5.92 Å². The van der Waals surface area contributed by atoms with Crippen molar-refractivity contribution in [3.63, 3.8) is 0 Å². The third-order valence-corrected chi connectivity index (χ3v) is 6.41. The highest BCUT2D eigenvalue weighted by atomic mass is 16.2. The van der Waals surface area contributed by atoms with Gasteiger partial charge in [-0.2, -0.15) is 0 Å². The van der Waals surface area contributed by atoms with E-state index in [1.807, 2.05) is 52.3 Å². The molecule has 2 aromatic rings. The first kappa shape index (κ1) is 21.3. The smallest absolute Gasteiger partial charge is 0.254 e. The highest BCUT2D eigenvalue weighted by molar-refractivity contribution is 6.07. The molecule has 0 bridgehead atoms. The summed E-state index contributed by atoms with van der Waals surface area (Å²) in [6.45, 7) is 2.91. The Labute approximate surface area is 182 Å². The molecular formula is C24H30N4O3. The minimum atomic E-state index is -0.319. The number of amides is 3. The average Bonchev–Trinajstić information content (AvgIpc) is 2.79. The number of nitrogens with two attached hydrogens (primary N) is 1. The summed E-state index contributed by atoms with van der Waals surface area (Å²) in [4.78, 5) is 41.1. The van der Waals surface area contributed by atoms with Crippen LogP contribution in [0.1, 0.15) is 36.0 Å². The van der Waals surface area contributed by atoms with Crippen LogP contribution in [0.15, 0.2) is 42.5 Å². The zero-order valence-corrected chi connectivity index (χ0v) is 17.8. The molecule has 7 heteroatoms. The second-order valence-corrected chi connectivity index (χ2v) is 8.64. The summed E-state index contributed by atoms with van der Waals surface area (Å²) in [7, 11) is 0. The zero-order valence-electron chi connectivity index (χ0n) is 17.8. The Morgan fingerprint density at radius 1 is 0.968 bits per heavy atom. The topological polar surface area (TPSA) is 95.7 Å². The van der Waals surface area contributed by atoms with Gasteiger partial charge in [0.25, 0.3) is 5.91 Å². The Morgan fingerprint density at radius 2 is 1.71 bits per heavy atom. The van der Waals surface area contributed by atoms with Crippen LogP contribution in [-0.4, -0.2) is 66.3 Å². The molecule has 0 aromatic heterocycles. The van der Waals surface area contributed by atoms with Crippen molar-refractivity contribution in [2.45, 2.75) is 31.7 Å². The van der Waals surface area contributed by atoms with E-state index in [4.69, 9.17) is 5.73 Å². The quantitative estimate of drug-likeness (QED) is 0.768. The number of nitrogens with zero attached hydrogens (tertiary/aromatic N) is 2. The first-order valence-corrected chi connectivity index (χ1v) is 11.1. The van der Waals surface area contributed by atoms with Crippen molar-refractivity contribution in [1.29, 1.82) is 0 Å². The Morgan fingerprint density at radius 3 is 2.48 bits per heavy atom. The van der Waals surface area contributed by atoms with Gasteiger partial charge in [0.2, 0.25) is 11.8 Å². The van der Waals surface area contributed by atoms with Crippen LogP contribution in [-0.2, 0) is 9.59 Å². The molecule has 7 nitrogen and oxygen atoms in total. The van der Waals surface area contributed by atoms with Crippen molar-refractivity contribution in [2.75, 3.05) is 32.7 Å². The Hall–Kier alpha value is -2.93. The molecule has 0 radical (unpaired) electrons. The molecule has 2 saturated heterocycles. The number of carbonyl (C=O) groups excluding carboxylic acids is 3. The molecule has 0 saturated carbocycles. The summed E-state index contributed by atoms with van der Waals surface area (Å²) >= 11 is 0. The number of primary amides is 1. The lowest BCUT2D eigenvalue weighted by molar-refractivity contribution is -0.127. The summed E-state index contributed by atoms with van der Waals surface area (Å²) in [5, 5.41) is 5.16. The predicted molar refractivity (Wildman–Crippen MR) is 119 cm³/mol. The maximum atomic E-state index is 13.2. The number of nitrogens with one attached hydrogen (secondary N) is 1. The first-order chi connectivity index (χ1) is 15.0. The molecule has 4 rings (SSSR count). The second-order valence-electron chi connectivity index (χ2n) is 8.64. The lowest BCUT2D eigenvalue weighted by Gasteiger charge is -2.35. The van der Waals surface area contributed by atoms with Gasteiger partial charge in [0.05, 0.1) is 12.5 Å². The fourth-order valence-corrected chi connectivity index (χ4v) is 4.73. The fourth-order valence-electron chi connectivity index (χ4n) is 4.73. The van der Waals surface area contributed by atoms with Crippen LogP contribution in [0.25, 0.3) is 10.8 Å². The van der Waals surface area contributed by atoms with Crippen LogP contribution in [0.4, 0.5) is 0 Å². The van der Waals surface area contributed by atoms with E-state index in [2.05, 4.69) is 5.32 Å². The SMILES string of the molecule is NC(=O)CN1CCC(NC(=O)C2CCCN(C(=O)c3cccc4ccccc34)C2)CC1. The van der Waals surface area contributed by atoms with E-state index in [1.165, 1.54) is 0 Å². The van der Waals surface area contributed by atoms with E-state index < -0.39 is 0 Å². The van der Waals surface area contributed by atoms with Gasteiger partial charge in [-0.05, 0) is 42.5 Å². The van der Waals surface area contributed by atoms with E-state index in [-0.39, 0.29) is 36.2 Å². The van der Waals surface area contributed by atoms with Crippen molar-refractivity contribution >= 4 is 28.5 Å². The van der Waals surface area contributed by atoms with Crippen LogP contribution in [0.5, 0.6) is 0 Å². The van der Waals surface area contributed by atoms with Gasteiger partial charge in [-0.1, -0.05) is 36.4 Å². The molecule has 2 aromatic carbocycles. The summed E-state index contributed by atoms with van der Waals surface area (Å²) < 4.78 is 0. The van der Waals surface area contributed by atoms with Crippen LogP contribution in [0.3, 0.4) is 0 Å². The van der Waals surface area contributed by atoms with Crippen LogP contribution < -0.4 is 11.1 Å². The molecule has 164 valence electrons. The lowest BCUT2D eigenvalue weighted by Crippen LogP contribution is -2.50. The molecule has 0 spiro atoms. The van der Waals surface area contributed by atoms with Gasteiger partial charge in [0.1, 0.15) is 0 Å². The summed E-state index contributed by atoms with van der Waals surface area (Å²) in [6.07, 6.45) is 3.24. The number of hydrogen-bond donors (Lipinski definition) is 2. The number of likely N-dealkylation sites (tertiary alicyclic amines) is 2.